The summed E-state index contributed by atoms with van der Waals surface area (Å²) in [5.41, 5.74) is 0.921. The number of carbonyl (C=O) groups excluding carboxylic acids is 2. The van der Waals surface area contributed by atoms with Gasteiger partial charge in [-0.15, -0.1) is 0 Å². The number of carbonyl (C=O) groups is 2. The molecule has 0 radical (unpaired) electrons. The minimum Gasteiger partial charge on any atom is -0.367 e. The van der Waals surface area contributed by atoms with E-state index < -0.39 is 0 Å². The molecule has 148 valence electrons. The van der Waals surface area contributed by atoms with Gasteiger partial charge in [0.1, 0.15) is 0 Å². The van der Waals surface area contributed by atoms with Gasteiger partial charge in [0.05, 0.1) is 11.7 Å². The molecule has 2 aliphatic rings. The molecule has 3 rings (SSSR count). The molecule has 0 N–H and O–H groups in total. The molecule has 2 amide bonds. The third-order valence-corrected chi connectivity index (χ3v) is 6.17. The molecule has 2 fully saturated rings. The minimum atomic E-state index is -0.253. The van der Waals surface area contributed by atoms with E-state index in [0.29, 0.717) is 6.42 Å². The largest absolute Gasteiger partial charge is 0.367 e. The van der Waals surface area contributed by atoms with Crippen LogP contribution in [-0.2, 0) is 14.3 Å². The van der Waals surface area contributed by atoms with E-state index in [1.54, 1.807) is 6.92 Å². The first-order chi connectivity index (χ1) is 13.0. The summed E-state index contributed by atoms with van der Waals surface area (Å²) in [5, 5.41) is 0. The Labute approximate surface area is 162 Å². The summed E-state index contributed by atoms with van der Waals surface area (Å²) >= 11 is 0. The highest BCUT2D eigenvalue weighted by Gasteiger charge is 2.46. The summed E-state index contributed by atoms with van der Waals surface area (Å²) in [4.78, 5) is 28.2. The van der Waals surface area contributed by atoms with Crippen LogP contribution >= 0.6 is 0 Å². The predicted molar refractivity (Wildman–Crippen MR) is 105 cm³/mol. The number of ether oxygens (including phenoxy) is 1. The molecule has 2 saturated heterocycles. The first-order valence-corrected chi connectivity index (χ1v) is 10.3. The lowest BCUT2D eigenvalue weighted by Crippen LogP contribution is -2.55. The number of benzene rings is 1. The summed E-state index contributed by atoms with van der Waals surface area (Å²) in [6.07, 6.45) is 3.92. The molecule has 5 nitrogen and oxygen atoms in total. The highest BCUT2D eigenvalue weighted by atomic mass is 16.5. The monoisotopic (exact) mass is 372 g/mol. The fourth-order valence-electron chi connectivity index (χ4n) is 4.71. The number of likely N-dealkylation sites (tertiary alicyclic amines) is 1. The molecule has 2 aliphatic heterocycles. The number of hydrogen-bond acceptors (Lipinski definition) is 3. The van der Waals surface area contributed by atoms with Gasteiger partial charge in [0.15, 0.2) is 0 Å². The minimum absolute atomic E-state index is 0.00761. The van der Waals surface area contributed by atoms with E-state index in [1.807, 2.05) is 41.8 Å². The normalized spacial score (nSPS) is 24.6. The molecule has 5 heteroatoms. The van der Waals surface area contributed by atoms with Crippen LogP contribution in [0, 0.1) is 0 Å². The van der Waals surface area contributed by atoms with Crippen LogP contribution in [0.2, 0.25) is 0 Å². The van der Waals surface area contributed by atoms with Crippen molar-refractivity contribution in [3.05, 3.63) is 35.9 Å². The zero-order valence-corrected chi connectivity index (χ0v) is 16.8. The quantitative estimate of drug-likeness (QED) is 0.812. The van der Waals surface area contributed by atoms with Gasteiger partial charge < -0.3 is 14.5 Å². The smallest absolute Gasteiger partial charge is 0.222 e. The van der Waals surface area contributed by atoms with Gasteiger partial charge in [0.25, 0.3) is 0 Å². The highest BCUT2D eigenvalue weighted by molar-refractivity contribution is 5.76. The van der Waals surface area contributed by atoms with Crippen molar-refractivity contribution in [2.45, 2.75) is 70.6 Å². The van der Waals surface area contributed by atoms with E-state index >= 15 is 0 Å². The van der Waals surface area contributed by atoms with Crippen molar-refractivity contribution < 1.29 is 14.3 Å². The third kappa shape index (κ3) is 4.34. The maximum absolute atomic E-state index is 12.2. The Kier molecular flexibility index (Phi) is 6.20. The number of rotatable bonds is 4. The number of piperidine rings is 1. The molecular weight excluding hydrogens is 340 g/mol. The van der Waals surface area contributed by atoms with Crippen LogP contribution in [0.1, 0.15) is 64.5 Å². The predicted octanol–water partition coefficient (Wildman–Crippen LogP) is 3.55. The SMILES string of the molecule is CCC(=O)N1CCC2(CC1)C[C@@H](N(CC)C(C)=O)C[C@@H](c1ccccc1)O2. The molecule has 2 heterocycles. The van der Waals surface area contributed by atoms with Gasteiger partial charge in [-0.1, -0.05) is 37.3 Å². The second-order valence-electron chi connectivity index (χ2n) is 7.83. The van der Waals surface area contributed by atoms with Crippen LogP contribution in [0.15, 0.2) is 30.3 Å². The van der Waals surface area contributed by atoms with Crippen molar-refractivity contribution in [2.75, 3.05) is 19.6 Å². The van der Waals surface area contributed by atoms with Crippen molar-refractivity contribution in [3.8, 4) is 0 Å². The third-order valence-electron chi connectivity index (χ3n) is 6.17. The van der Waals surface area contributed by atoms with Gasteiger partial charge >= 0.3 is 0 Å². The molecule has 1 aromatic carbocycles. The van der Waals surface area contributed by atoms with Crippen LogP contribution in [0.4, 0.5) is 0 Å². The molecule has 0 bridgehead atoms. The fraction of sp³-hybridized carbons (Fsp3) is 0.636. The van der Waals surface area contributed by atoms with Crippen LogP contribution in [0.5, 0.6) is 0 Å². The summed E-state index contributed by atoms with van der Waals surface area (Å²) in [6, 6.07) is 10.5. The molecule has 2 atom stereocenters. The van der Waals surface area contributed by atoms with Gasteiger partial charge in [0, 0.05) is 39.0 Å². The molecule has 0 unspecified atom stereocenters. The Bertz CT molecular complexity index is 653. The van der Waals surface area contributed by atoms with Gasteiger partial charge in [-0.2, -0.15) is 0 Å². The van der Waals surface area contributed by atoms with E-state index in [0.717, 1.165) is 45.3 Å². The lowest BCUT2D eigenvalue weighted by Gasteiger charge is -2.51. The molecular formula is C22H32N2O3. The van der Waals surface area contributed by atoms with E-state index in [4.69, 9.17) is 4.74 Å². The molecule has 1 aromatic rings. The Morgan fingerprint density at radius 1 is 1.19 bits per heavy atom. The average Bonchev–Trinajstić information content (AvgIpc) is 2.68. The van der Waals surface area contributed by atoms with Gasteiger partial charge in [-0.05, 0) is 38.2 Å². The Morgan fingerprint density at radius 3 is 2.41 bits per heavy atom. The van der Waals surface area contributed by atoms with Gasteiger partial charge in [0.2, 0.25) is 11.8 Å². The first kappa shape index (κ1) is 19.9. The summed E-state index contributed by atoms with van der Waals surface area (Å²) in [5.74, 6) is 0.348. The van der Waals surface area contributed by atoms with Crippen molar-refractivity contribution in [1.82, 2.24) is 9.80 Å². The van der Waals surface area contributed by atoms with Crippen LogP contribution < -0.4 is 0 Å². The van der Waals surface area contributed by atoms with Crippen LogP contribution in [0.25, 0.3) is 0 Å². The Hall–Kier alpha value is -1.88. The fourth-order valence-corrected chi connectivity index (χ4v) is 4.71. The standard InChI is InChI=1S/C22H32N2O3/c1-4-21(26)23-13-11-22(12-14-23)16-19(24(5-2)17(3)25)15-20(27-22)18-9-7-6-8-10-18/h6-10,19-20H,4-5,11-16H2,1-3H3/t19-,20-/m0/s1. The van der Waals surface area contributed by atoms with E-state index in [-0.39, 0.29) is 29.6 Å². The average molecular weight is 373 g/mol. The summed E-state index contributed by atoms with van der Waals surface area (Å²) in [6.45, 7) is 7.82. The second kappa shape index (κ2) is 8.42. The number of nitrogens with zero attached hydrogens (tertiary/aromatic N) is 2. The second-order valence-corrected chi connectivity index (χ2v) is 7.83. The lowest BCUT2D eigenvalue weighted by molar-refractivity contribution is -0.180. The van der Waals surface area contributed by atoms with E-state index in [2.05, 4.69) is 12.1 Å². The van der Waals surface area contributed by atoms with Gasteiger partial charge in [-0.25, -0.2) is 0 Å². The topological polar surface area (TPSA) is 49.9 Å². The highest BCUT2D eigenvalue weighted by Crippen LogP contribution is 2.44. The van der Waals surface area contributed by atoms with Crippen molar-refractivity contribution in [2.24, 2.45) is 0 Å². The summed E-state index contributed by atoms with van der Waals surface area (Å²) in [7, 11) is 0. The van der Waals surface area contributed by atoms with Crippen molar-refractivity contribution >= 4 is 11.8 Å². The van der Waals surface area contributed by atoms with E-state index in [9.17, 15) is 9.59 Å². The van der Waals surface area contributed by atoms with Crippen molar-refractivity contribution in [1.29, 1.82) is 0 Å². The molecule has 0 aliphatic carbocycles. The Morgan fingerprint density at radius 2 is 1.85 bits per heavy atom. The molecule has 1 spiro atoms. The zero-order valence-electron chi connectivity index (χ0n) is 16.8. The maximum atomic E-state index is 12.2. The number of hydrogen-bond donors (Lipinski definition) is 0. The maximum Gasteiger partial charge on any atom is 0.222 e. The van der Waals surface area contributed by atoms with Crippen LogP contribution in [-0.4, -0.2) is 52.9 Å². The first-order valence-electron chi connectivity index (χ1n) is 10.3. The van der Waals surface area contributed by atoms with E-state index in [1.165, 1.54) is 5.56 Å². The molecule has 0 saturated carbocycles. The molecule has 27 heavy (non-hydrogen) atoms. The molecule has 0 aromatic heterocycles. The summed E-state index contributed by atoms with van der Waals surface area (Å²) < 4.78 is 6.69. The Balaban J connectivity index is 1.83. The lowest BCUT2D eigenvalue weighted by atomic mass is 9.79. The number of amides is 2. The van der Waals surface area contributed by atoms with Crippen molar-refractivity contribution in [3.63, 3.8) is 0 Å². The zero-order chi connectivity index (χ0) is 19.4. The van der Waals surface area contributed by atoms with Gasteiger partial charge in [-0.3, -0.25) is 9.59 Å². The van der Waals surface area contributed by atoms with Crippen LogP contribution in [0.3, 0.4) is 0 Å².